The molecule has 2 N–H and O–H groups in total. The molecule has 0 spiro atoms. The van der Waals surface area contributed by atoms with Gasteiger partial charge in [0, 0.05) is 25.2 Å². The maximum atomic E-state index is 11.4. The van der Waals surface area contributed by atoms with Gasteiger partial charge < -0.3 is 10.6 Å². The molecule has 1 amide bonds. The number of aromatic nitrogens is 1. The highest BCUT2D eigenvalue weighted by atomic mass is 16.2. The first-order valence-electron chi connectivity index (χ1n) is 4.23. The summed E-state index contributed by atoms with van der Waals surface area (Å²) in [4.78, 5) is 17.0. The third-order valence-electron chi connectivity index (χ3n) is 2.11. The van der Waals surface area contributed by atoms with Crippen LogP contribution >= 0.6 is 0 Å². The zero-order valence-corrected chi connectivity index (χ0v) is 7.18. The topological polar surface area (TPSA) is 59.2 Å². The van der Waals surface area contributed by atoms with Crippen molar-refractivity contribution in [3.8, 4) is 0 Å². The normalized spacial score (nSPS) is 22.4. The summed E-state index contributed by atoms with van der Waals surface area (Å²) in [5.41, 5.74) is 6.50. The van der Waals surface area contributed by atoms with E-state index in [0.29, 0.717) is 13.0 Å². The average molecular weight is 177 g/mol. The van der Waals surface area contributed by atoms with Gasteiger partial charge in [-0.3, -0.25) is 9.78 Å². The minimum absolute atomic E-state index is 0.0345. The molecule has 2 rings (SSSR count). The zero-order valence-electron chi connectivity index (χ0n) is 7.18. The third kappa shape index (κ3) is 1.53. The molecule has 1 atom stereocenters. The third-order valence-corrected chi connectivity index (χ3v) is 2.11. The van der Waals surface area contributed by atoms with Gasteiger partial charge in [-0.15, -0.1) is 0 Å². The number of carbonyl (C=O) groups excluding carboxylic acids is 1. The Morgan fingerprint density at radius 3 is 3.00 bits per heavy atom. The number of carbonyl (C=O) groups is 1. The first-order chi connectivity index (χ1) is 6.27. The SMILES string of the molecule is NC1CC(=O)N(c2cccnc2)C1. The lowest BCUT2D eigenvalue weighted by molar-refractivity contribution is -0.117. The maximum Gasteiger partial charge on any atom is 0.228 e. The summed E-state index contributed by atoms with van der Waals surface area (Å²) in [6.07, 6.45) is 3.80. The molecular weight excluding hydrogens is 166 g/mol. The van der Waals surface area contributed by atoms with Crippen molar-refractivity contribution in [2.24, 2.45) is 5.73 Å². The molecule has 0 bridgehead atoms. The van der Waals surface area contributed by atoms with Crippen molar-refractivity contribution in [1.29, 1.82) is 0 Å². The summed E-state index contributed by atoms with van der Waals surface area (Å²) in [6.45, 7) is 0.602. The Morgan fingerprint density at radius 1 is 1.62 bits per heavy atom. The van der Waals surface area contributed by atoms with Crippen LogP contribution in [-0.2, 0) is 4.79 Å². The van der Waals surface area contributed by atoms with Crippen molar-refractivity contribution < 1.29 is 4.79 Å². The molecule has 4 nitrogen and oxygen atoms in total. The fourth-order valence-electron chi connectivity index (χ4n) is 1.50. The predicted molar refractivity (Wildman–Crippen MR) is 49.2 cm³/mol. The van der Waals surface area contributed by atoms with Gasteiger partial charge in [0.2, 0.25) is 5.91 Å². The molecular formula is C9H11N3O. The van der Waals surface area contributed by atoms with E-state index in [1.165, 1.54) is 0 Å². The molecule has 1 aromatic heterocycles. The van der Waals surface area contributed by atoms with E-state index >= 15 is 0 Å². The number of rotatable bonds is 1. The lowest BCUT2D eigenvalue weighted by atomic mass is 10.3. The van der Waals surface area contributed by atoms with Gasteiger partial charge in [-0.2, -0.15) is 0 Å². The van der Waals surface area contributed by atoms with Gasteiger partial charge in [-0.1, -0.05) is 0 Å². The van der Waals surface area contributed by atoms with E-state index in [0.717, 1.165) is 5.69 Å². The van der Waals surface area contributed by atoms with E-state index in [2.05, 4.69) is 4.98 Å². The van der Waals surface area contributed by atoms with E-state index < -0.39 is 0 Å². The number of amides is 1. The van der Waals surface area contributed by atoms with Crippen molar-refractivity contribution in [1.82, 2.24) is 4.98 Å². The Balaban J connectivity index is 2.23. The molecule has 1 aromatic rings. The van der Waals surface area contributed by atoms with Crippen LogP contribution in [0.5, 0.6) is 0 Å². The number of nitrogens with zero attached hydrogens (tertiary/aromatic N) is 2. The minimum atomic E-state index is -0.0345. The average Bonchev–Trinajstić information content (AvgIpc) is 2.47. The Kier molecular flexibility index (Phi) is 1.98. The number of pyridine rings is 1. The Labute approximate surface area is 76.4 Å². The lowest BCUT2D eigenvalue weighted by Crippen LogP contribution is -2.27. The predicted octanol–water partition coefficient (Wildman–Crippen LogP) is 0.146. The molecule has 0 aromatic carbocycles. The van der Waals surface area contributed by atoms with Gasteiger partial charge >= 0.3 is 0 Å². The van der Waals surface area contributed by atoms with Crippen LogP contribution in [0.3, 0.4) is 0 Å². The fraction of sp³-hybridized carbons (Fsp3) is 0.333. The minimum Gasteiger partial charge on any atom is -0.326 e. The van der Waals surface area contributed by atoms with E-state index in [1.807, 2.05) is 12.1 Å². The van der Waals surface area contributed by atoms with Gasteiger partial charge in [0.1, 0.15) is 0 Å². The molecule has 1 aliphatic rings. The smallest absolute Gasteiger partial charge is 0.228 e. The summed E-state index contributed by atoms with van der Waals surface area (Å²) in [5.74, 6) is 0.0838. The van der Waals surface area contributed by atoms with Crippen molar-refractivity contribution in [3.63, 3.8) is 0 Å². The Bertz CT molecular complexity index is 312. The van der Waals surface area contributed by atoms with Gasteiger partial charge in [-0.05, 0) is 12.1 Å². The van der Waals surface area contributed by atoms with Gasteiger partial charge in [0.05, 0.1) is 11.9 Å². The van der Waals surface area contributed by atoms with Crippen LogP contribution in [0.4, 0.5) is 5.69 Å². The van der Waals surface area contributed by atoms with E-state index in [-0.39, 0.29) is 11.9 Å². The molecule has 1 unspecified atom stereocenters. The molecule has 68 valence electrons. The number of hydrogen-bond donors (Lipinski definition) is 1. The maximum absolute atomic E-state index is 11.4. The van der Waals surface area contributed by atoms with Crippen LogP contribution in [0.25, 0.3) is 0 Å². The molecule has 1 aliphatic heterocycles. The molecule has 0 radical (unpaired) electrons. The standard InChI is InChI=1S/C9H11N3O/c10-7-4-9(13)12(6-7)8-2-1-3-11-5-8/h1-3,5,7H,4,6,10H2. The van der Waals surface area contributed by atoms with Crippen LogP contribution in [0.1, 0.15) is 6.42 Å². The van der Waals surface area contributed by atoms with Gasteiger partial charge in [-0.25, -0.2) is 0 Å². The van der Waals surface area contributed by atoms with Crippen LogP contribution in [-0.4, -0.2) is 23.5 Å². The van der Waals surface area contributed by atoms with Crippen molar-refractivity contribution >= 4 is 11.6 Å². The molecule has 0 saturated carbocycles. The Morgan fingerprint density at radius 2 is 2.46 bits per heavy atom. The molecule has 13 heavy (non-hydrogen) atoms. The van der Waals surface area contributed by atoms with Crippen molar-refractivity contribution in [3.05, 3.63) is 24.5 Å². The summed E-state index contributed by atoms with van der Waals surface area (Å²) in [5, 5.41) is 0. The molecule has 1 fully saturated rings. The van der Waals surface area contributed by atoms with Crippen LogP contribution < -0.4 is 10.6 Å². The first kappa shape index (κ1) is 8.19. The summed E-state index contributed by atoms with van der Waals surface area (Å²) >= 11 is 0. The van der Waals surface area contributed by atoms with E-state index in [1.54, 1.807) is 17.3 Å². The van der Waals surface area contributed by atoms with E-state index in [9.17, 15) is 4.79 Å². The van der Waals surface area contributed by atoms with Crippen LogP contribution in [0, 0.1) is 0 Å². The highest BCUT2D eigenvalue weighted by Gasteiger charge is 2.27. The Hall–Kier alpha value is -1.42. The number of anilines is 1. The quantitative estimate of drug-likeness (QED) is 0.664. The molecule has 2 heterocycles. The van der Waals surface area contributed by atoms with Crippen LogP contribution in [0.15, 0.2) is 24.5 Å². The largest absolute Gasteiger partial charge is 0.326 e. The molecule has 0 aliphatic carbocycles. The highest BCUT2D eigenvalue weighted by molar-refractivity contribution is 5.95. The second-order valence-electron chi connectivity index (χ2n) is 3.18. The number of hydrogen-bond acceptors (Lipinski definition) is 3. The second-order valence-corrected chi connectivity index (χ2v) is 3.18. The van der Waals surface area contributed by atoms with Gasteiger partial charge in [0.15, 0.2) is 0 Å². The fourth-order valence-corrected chi connectivity index (χ4v) is 1.50. The highest BCUT2D eigenvalue weighted by Crippen LogP contribution is 2.18. The zero-order chi connectivity index (χ0) is 9.26. The first-order valence-corrected chi connectivity index (χ1v) is 4.23. The lowest BCUT2D eigenvalue weighted by Gasteiger charge is -2.14. The van der Waals surface area contributed by atoms with Gasteiger partial charge in [0.25, 0.3) is 0 Å². The molecule has 1 saturated heterocycles. The summed E-state index contributed by atoms with van der Waals surface area (Å²) in [7, 11) is 0. The summed E-state index contributed by atoms with van der Waals surface area (Å²) in [6, 6.07) is 3.64. The molecule has 4 heteroatoms. The number of nitrogens with two attached hydrogens (primary N) is 1. The van der Waals surface area contributed by atoms with Crippen LogP contribution in [0.2, 0.25) is 0 Å². The van der Waals surface area contributed by atoms with Crippen molar-refractivity contribution in [2.75, 3.05) is 11.4 Å². The van der Waals surface area contributed by atoms with E-state index in [4.69, 9.17) is 5.73 Å². The van der Waals surface area contributed by atoms with Crippen molar-refractivity contribution in [2.45, 2.75) is 12.5 Å². The second kappa shape index (κ2) is 3.14. The summed E-state index contributed by atoms with van der Waals surface area (Å²) < 4.78 is 0. The monoisotopic (exact) mass is 177 g/mol.